The Morgan fingerprint density at radius 3 is 2.90 bits per heavy atom. The van der Waals surface area contributed by atoms with Gasteiger partial charge in [-0.3, -0.25) is 9.59 Å². The van der Waals surface area contributed by atoms with Gasteiger partial charge in [0.2, 0.25) is 5.91 Å². The first kappa shape index (κ1) is 13.3. The lowest BCUT2D eigenvalue weighted by molar-refractivity contribution is -0.142. The van der Waals surface area contributed by atoms with E-state index in [-0.39, 0.29) is 29.2 Å². The number of hydrogen-bond acceptors (Lipinski definition) is 4. The minimum absolute atomic E-state index is 0.0222. The average molecular weight is 292 g/mol. The molecule has 2 aliphatic heterocycles. The third kappa shape index (κ3) is 2.90. The van der Waals surface area contributed by atoms with Crippen LogP contribution in [0.1, 0.15) is 12.8 Å². The van der Waals surface area contributed by atoms with Crippen molar-refractivity contribution in [1.82, 2.24) is 10.2 Å². The number of benzene rings is 1. The van der Waals surface area contributed by atoms with Crippen molar-refractivity contribution in [3.63, 3.8) is 0 Å². The first-order valence-corrected chi connectivity index (χ1v) is 7.59. The monoisotopic (exact) mass is 292 g/mol. The average Bonchev–Trinajstić information content (AvgIpc) is 2.45. The zero-order valence-electron chi connectivity index (χ0n) is 11.0. The number of β-lactam (4-membered cyclic amide) rings is 1. The molecule has 1 aromatic carbocycles. The van der Waals surface area contributed by atoms with Crippen LogP contribution >= 0.6 is 11.8 Å². The van der Waals surface area contributed by atoms with Crippen LogP contribution in [0.15, 0.2) is 30.3 Å². The van der Waals surface area contributed by atoms with Crippen LogP contribution in [-0.4, -0.2) is 40.6 Å². The van der Waals surface area contributed by atoms with Gasteiger partial charge in [0.15, 0.2) is 6.61 Å². The van der Waals surface area contributed by atoms with E-state index in [1.165, 1.54) is 0 Å². The van der Waals surface area contributed by atoms with Gasteiger partial charge in [-0.15, -0.1) is 11.8 Å². The predicted molar refractivity (Wildman–Crippen MR) is 76.2 cm³/mol. The summed E-state index contributed by atoms with van der Waals surface area (Å²) in [7, 11) is 0. The van der Waals surface area contributed by atoms with Crippen LogP contribution in [0, 0.1) is 0 Å². The number of nitrogens with one attached hydrogen (secondary N) is 1. The molecular weight excluding hydrogens is 276 g/mol. The molecule has 0 aliphatic carbocycles. The molecule has 2 aliphatic rings. The Kier molecular flexibility index (Phi) is 3.82. The van der Waals surface area contributed by atoms with Gasteiger partial charge in [-0.2, -0.15) is 0 Å². The van der Waals surface area contributed by atoms with E-state index >= 15 is 0 Å². The van der Waals surface area contributed by atoms with Crippen LogP contribution in [0.4, 0.5) is 0 Å². The fourth-order valence-electron chi connectivity index (χ4n) is 2.32. The number of nitrogens with zero attached hydrogens (tertiary/aromatic N) is 1. The van der Waals surface area contributed by atoms with E-state index in [1.54, 1.807) is 11.8 Å². The van der Waals surface area contributed by atoms with Crippen LogP contribution < -0.4 is 10.1 Å². The van der Waals surface area contributed by atoms with Gasteiger partial charge in [0.05, 0.1) is 17.2 Å². The zero-order valence-corrected chi connectivity index (χ0v) is 11.8. The molecule has 0 saturated carbocycles. The second kappa shape index (κ2) is 5.75. The molecular formula is C14H16N2O3S. The summed E-state index contributed by atoms with van der Waals surface area (Å²) >= 11 is 1.65. The van der Waals surface area contributed by atoms with Crippen LogP contribution in [0.25, 0.3) is 0 Å². The van der Waals surface area contributed by atoms with Crippen molar-refractivity contribution in [2.75, 3.05) is 13.2 Å². The molecule has 2 atom stereocenters. The number of ether oxygens (including phenoxy) is 1. The summed E-state index contributed by atoms with van der Waals surface area (Å²) in [6, 6.07) is 9.27. The minimum atomic E-state index is -0.120. The zero-order chi connectivity index (χ0) is 13.9. The maximum atomic E-state index is 11.8. The third-order valence-corrected chi connectivity index (χ3v) is 4.82. The SMILES string of the molecule is O=C(COc1ccccc1)NC1CCN2C(=O)C[C@H]2S1. The molecule has 0 radical (unpaired) electrons. The Morgan fingerprint density at radius 2 is 2.20 bits per heavy atom. The molecule has 1 aromatic rings. The van der Waals surface area contributed by atoms with Gasteiger partial charge in [0.25, 0.3) is 5.91 Å². The van der Waals surface area contributed by atoms with Crippen molar-refractivity contribution in [3.8, 4) is 5.75 Å². The van der Waals surface area contributed by atoms with Crippen molar-refractivity contribution < 1.29 is 14.3 Å². The number of para-hydroxylation sites is 1. The van der Waals surface area contributed by atoms with Gasteiger partial charge in [-0.25, -0.2) is 0 Å². The molecule has 2 heterocycles. The second-order valence-corrected chi connectivity index (χ2v) is 6.21. The van der Waals surface area contributed by atoms with E-state index in [4.69, 9.17) is 4.74 Å². The topological polar surface area (TPSA) is 58.6 Å². The highest BCUT2D eigenvalue weighted by atomic mass is 32.2. The van der Waals surface area contributed by atoms with E-state index in [9.17, 15) is 9.59 Å². The highest BCUT2D eigenvalue weighted by molar-refractivity contribution is 8.00. The number of carbonyl (C=O) groups excluding carboxylic acids is 2. The molecule has 2 fully saturated rings. The second-order valence-electron chi connectivity index (χ2n) is 4.83. The fraction of sp³-hybridized carbons (Fsp3) is 0.429. The number of carbonyl (C=O) groups is 2. The first-order valence-electron chi connectivity index (χ1n) is 6.64. The van der Waals surface area contributed by atoms with Crippen molar-refractivity contribution in [1.29, 1.82) is 0 Å². The Hall–Kier alpha value is -1.69. The van der Waals surface area contributed by atoms with E-state index in [2.05, 4.69) is 5.32 Å². The standard InChI is InChI=1S/C14H16N2O3S/c17-11(9-19-10-4-2-1-3-5-10)15-12-6-7-16-13(18)8-14(16)20-12/h1-5,12,14H,6-9H2,(H,15,17)/t12?,14-/m1/s1. The summed E-state index contributed by atoms with van der Waals surface area (Å²) in [5, 5.41) is 3.28. The van der Waals surface area contributed by atoms with Crippen LogP contribution in [0.2, 0.25) is 0 Å². The van der Waals surface area contributed by atoms with Gasteiger partial charge in [0.1, 0.15) is 5.75 Å². The number of hydrogen-bond donors (Lipinski definition) is 1. The molecule has 1 N–H and O–H groups in total. The Morgan fingerprint density at radius 1 is 1.40 bits per heavy atom. The van der Waals surface area contributed by atoms with Crippen molar-refractivity contribution >= 4 is 23.6 Å². The molecule has 0 aromatic heterocycles. The van der Waals surface area contributed by atoms with E-state index in [1.807, 2.05) is 35.2 Å². The molecule has 0 spiro atoms. The lowest BCUT2D eigenvalue weighted by Crippen LogP contribution is -2.57. The van der Waals surface area contributed by atoms with Gasteiger partial charge in [0, 0.05) is 6.54 Å². The van der Waals surface area contributed by atoms with E-state index < -0.39 is 0 Å². The number of thioether (sulfide) groups is 1. The third-order valence-electron chi connectivity index (χ3n) is 3.41. The summed E-state index contributed by atoms with van der Waals surface area (Å²) in [5.41, 5.74) is 0. The van der Waals surface area contributed by atoms with Gasteiger partial charge in [-0.05, 0) is 18.6 Å². The van der Waals surface area contributed by atoms with Crippen LogP contribution in [-0.2, 0) is 9.59 Å². The molecule has 2 amide bonds. The van der Waals surface area contributed by atoms with E-state index in [0.29, 0.717) is 12.2 Å². The molecule has 3 rings (SSSR count). The normalized spacial score (nSPS) is 24.6. The highest BCUT2D eigenvalue weighted by Crippen LogP contribution is 2.37. The van der Waals surface area contributed by atoms with Crippen LogP contribution in [0.5, 0.6) is 5.75 Å². The lowest BCUT2D eigenvalue weighted by Gasteiger charge is -2.45. The maximum Gasteiger partial charge on any atom is 0.258 e. The quantitative estimate of drug-likeness (QED) is 0.847. The summed E-state index contributed by atoms with van der Waals surface area (Å²) in [6.45, 7) is 0.759. The highest BCUT2D eigenvalue weighted by Gasteiger charge is 2.41. The van der Waals surface area contributed by atoms with Crippen molar-refractivity contribution in [3.05, 3.63) is 30.3 Å². The molecule has 106 valence electrons. The molecule has 0 bridgehead atoms. The summed E-state index contributed by atoms with van der Waals surface area (Å²) in [6.07, 6.45) is 1.39. The first-order chi connectivity index (χ1) is 9.72. The lowest BCUT2D eigenvalue weighted by atomic mass is 10.2. The predicted octanol–water partition coefficient (Wildman–Crippen LogP) is 1.20. The Balaban J connectivity index is 1.42. The summed E-state index contributed by atoms with van der Waals surface area (Å²) in [4.78, 5) is 25.0. The smallest absolute Gasteiger partial charge is 0.258 e. The van der Waals surface area contributed by atoms with Gasteiger partial charge >= 0.3 is 0 Å². The van der Waals surface area contributed by atoms with Crippen LogP contribution in [0.3, 0.4) is 0 Å². The van der Waals surface area contributed by atoms with Gasteiger partial charge < -0.3 is 15.0 Å². The van der Waals surface area contributed by atoms with Crippen molar-refractivity contribution in [2.45, 2.75) is 23.6 Å². The number of rotatable bonds is 4. The summed E-state index contributed by atoms with van der Waals surface area (Å²) < 4.78 is 5.40. The summed E-state index contributed by atoms with van der Waals surface area (Å²) in [5.74, 6) is 0.792. The number of fused-ring (bicyclic) bond motifs is 1. The Labute approximate surface area is 121 Å². The number of amides is 2. The Bertz CT molecular complexity index is 508. The van der Waals surface area contributed by atoms with Gasteiger partial charge in [-0.1, -0.05) is 18.2 Å². The fourth-order valence-corrected chi connectivity index (χ4v) is 3.75. The minimum Gasteiger partial charge on any atom is -0.484 e. The van der Waals surface area contributed by atoms with Crippen molar-refractivity contribution in [2.24, 2.45) is 0 Å². The van der Waals surface area contributed by atoms with E-state index in [0.717, 1.165) is 13.0 Å². The molecule has 5 nitrogen and oxygen atoms in total. The molecule has 20 heavy (non-hydrogen) atoms. The molecule has 1 unspecified atom stereocenters. The maximum absolute atomic E-state index is 11.8. The largest absolute Gasteiger partial charge is 0.484 e. The molecule has 2 saturated heterocycles. The molecule has 6 heteroatoms.